The van der Waals surface area contributed by atoms with Crippen molar-refractivity contribution in [1.82, 2.24) is 0 Å². The molecule has 0 aliphatic carbocycles. The highest BCUT2D eigenvalue weighted by Gasteiger charge is 2.45. The summed E-state index contributed by atoms with van der Waals surface area (Å²) in [7, 11) is 1.39. The van der Waals surface area contributed by atoms with Gasteiger partial charge in [0, 0.05) is 0 Å². The summed E-state index contributed by atoms with van der Waals surface area (Å²) >= 11 is 0. The second kappa shape index (κ2) is 5.12. The van der Waals surface area contributed by atoms with Crippen LogP contribution in [0, 0.1) is 0 Å². The number of methoxy groups -OCH3 is 1. The van der Waals surface area contributed by atoms with E-state index in [1.807, 2.05) is 18.2 Å². The van der Waals surface area contributed by atoms with Gasteiger partial charge in [0.05, 0.1) is 13.2 Å². The van der Waals surface area contributed by atoms with Crippen LogP contribution >= 0.6 is 0 Å². The van der Waals surface area contributed by atoms with Crippen molar-refractivity contribution in [3.63, 3.8) is 0 Å². The van der Waals surface area contributed by atoms with E-state index in [0.717, 1.165) is 19.3 Å². The van der Waals surface area contributed by atoms with Crippen molar-refractivity contribution in [1.29, 1.82) is 0 Å². The molecule has 0 N–H and O–H groups in total. The van der Waals surface area contributed by atoms with Crippen molar-refractivity contribution in [3.05, 3.63) is 35.9 Å². The zero-order valence-electron chi connectivity index (χ0n) is 9.39. The Morgan fingerprint density at radius 2 is 2.12 bits per heavy atom. The molecule has 0 radical (unpaired) electrons. The maximum Gasteiger partial charge on any atom is 0.337 e. The zero-order chi connectivity index (χ0) is 11.4. The third kappa shape index (κ3) is 2.83. The number of aryl methyl sites for hydroxylation is 1. The number of rotatable bonds is 5. The van der Waals surface area contributed by atoms with Gasteiger partial charge in [-0.25, -0.2) is 4.79 Å². The molecule has 3 heteroatoms. The number of hydrogen-bond acceptors (Lipinski definition) is 3. The first kappa shape index (κ1) is 11.1. The van der Waals surface area contributed by atoms with Gasteiger partial charge in [-0.2, -0.15) is 0 Å². The third-order valence-corrected chi connectivity index (χ3v) is 2.81. The molecule has 0 unspecified atom stereocenters. The minimum absolute atomic E-state index is 0.0798. The molecule has 1 aliphatic heterocycles. The Morgan fingerprint density at radius 1 is 1.38 bits per heavy atom. The Kier molecular flexibility index (Phi) is 3.57. The van der Waals surface area contributed by atoms with E-state index in [-0.39, 0.29) is 18.2 Å². The molecule has 86 valence electrons. The molecule has 0 spiro atoms. The quantitative estimate of drug-likeness (QED) is 0.562. The number of carbonyl (C=O) groups excluding carboxylic acids is 1. The number of esters is 1. The largest absolute Gasteiger partial charge is 0.467 e. The third-order valence-electron chi connectivity index (χ3n) is 2.81. The number of epoxide rings is 1. The van der Waals surface area contributed by atoms with Gasteiger partial charge in [0.2, 0.25) is 0 Å². The van der Waals surface area contributed by atoms with Crippen molar-refractivity contribution < 1.29 is 14.3 Å². The van der Waals surface area contributed by atoms with Crippen molar-refractivity contribution in [2.24, 2.45) is 0 Å². The van der Waals surface area contributed by atoms with Crippen LogP contribution in [0.25, 0.3) is 0 Å². The first-order valence-electron chi connectivity index (χ1n) is 5.58. The summed E-state index contributed by atoms with van der Waals surface area (Å²) in [5.74, 6) is -0.246. The molecule has 16 heavy (non-hydrogen) atoms. The van der Waals surface area contributed by atoms with Crippen LogP contribution in [0.1, 0.15) is 18.4 Å². The summed E-state index contributed by atoms with van der Waals surface area (Å²) in [4.78, 5) is 11.1. The number of benzene rings is 1. The summed E-state index contributed by atoms with van der Waals surface area (Å²) in [5.41, 5.74) is 1.33. The molecule has 1 aromatic rings. The fourth-order valence-corrected chi connectivity index (χ4v) is 1.84. The summed E-state index contributed by atoms with van der Waals surface area (Å²) in [5, 5.41) is 0. The highest BCUT2D eigenvalue weighted by atomic mass is 16.6. The molecule has 3 nitrogen and oxygen atoms in total. The van der Waals surface area contributed by atoms with Crippen LogP contribution in [0.15, 0.2) is 30.3 Å². The van der Waals surface area contributed by atoms with Gasteiger partial charge in [-0.05, 0) is 24.8 Å². The first-order chi connectivity index (χ1) is 7.81. The molecule has 0 amide bonds. The standard InChI is InChI=1S/C13H16O3/c1-15-13(14)12-11(16-12)9-5-8-10-6-3-2-4-7-10/h2-4,6-7,11-12H,5,8-9H2,1H3/t11-,12-/m1/s1. The molecule has 2 rings (SSSR count). The smallest absolute Gasteiger partial charge is 0.337 e. The van der Waals surface area contributed by atoms with Gasteiger partial charge in [0.25, 0.3) is 0 Å². The Balaban J connectivity index is 1.65. The normalized spacial score (nSPS) is 22.8. The van der Waals surface area contributed by atoms with Crippen molar-refractivity contribution in [2.45, 2.75) is 31.5 Å². The van der Waals surface area contributed by atoms with E-state index in [4.69, 9.17) is 4.74 Å². The highest BCUT2D eigenvalue weighted by molar-refractivity contribution is 5.77. The maximum atomic E-state index is 11.1. The van der Waals surface area contributed by atoms with Gasteiger partial charge in [-0.3, -0.25) is 0 Å². The second-order valence-corrected chi connectivity index (χ2v) is 4.00. The van der Waals surface area contributed by atoms with Crippen LogP contribution in [0.4, 0.5) is 0 Å². The van der Waals surface area contributed by atoms with E-state index < -0.39 is 0 Å². The van der Waals surface area contributed by atoms with Crippen molar-refractivity contribution in [3.8, 4) is 0 Å². The van der Waals surface area contributed by atoms with Crippen LogP contribution in [0.2, 0.25) is 0 Å². The van der Waals surface area contributed by atoms with E-state index in [1.54, 1.807) is 0 Å². The maximum absolute atomic E-state index is 11.1. The second-order valence-electron chi connectivity index (χ2n) is 4.00. The molecule has 1 heterocycles. The fourth-order valence-electron chi connectivity index (χ4n) is 1.84. The average Bonchev–Trinajstić information content (AvgIpc) is 3.09. The Hall–Kier alpha value is -1.35. The lowest BCUT2D eigenvalue weighted by molar-refractivity contribution is -0.142. The Morgan fingerprint density at radius 3 is 2.81 bits per heavy atom. The van der Waals surface area contributed by atoms with E-state index in [9.17, 15) is 4.79 Å². The first-order valence-corrected chi connectivity index (χ1v) is 5.58. The molecule has 1 aliphatic rings. The minimum atomic E-state index is -0.305. The molecular formula is C13H16O3. The van der Waals surface area contributed by atoms with Crippen LogP contribution in [-0.4, -0.2) is 25.3 Å². The van der Waals surface area contributed by atoms with Crippen molar-refractivity contribution in [2.75, 3.05) is 7.11 Å². The van der Waals surface area contributed by atoms with E-state index in [0.29, 0.717) is 0 Å². The van der Waals surface area contributed by atoms with E-state index >= 15 is 0 Å². The highest BCUT2D eigenvalue weighted by Crippen LogP contribution is 2.28. The van der Waals surface area contributed by atoms with Crippen molar-refractivity contribution >= 4 is 5.97 Å². The fraction of sp³-hybridized carbons (Fsp3) is 0.462. The topological polar surface area (TPSA) is 38.8 Å². The Labute approximate surface area is 95.4 Å². The summed E-state index contributed by atoms with van der Waals surface area (Å²) in [6.07, 6.45) is 2.78. The minimum Gasteiger partial charge on any atom is -0.467 e. The van der Waals surface area contributed by atoms with Crippen LogP contribution in [0.3, 0.4) is 0 Å². The summed E-state index contributed by atoms with van der Waals surface area (Å²) in [6.45, 7) is 0. The van der Waals surface area contributed by atoms with E-state index in [2.05, 4.69) is 16.9 Å². The molecule has 0 saturated carbocycles. The number of ether oxygens (including phenoxy) is 2. The lowest BCUT2D eigenvalue weighted by atomic mass is 10.1. The molecule has 1 aromatic carbocycles. The Bertz CT molecular complexity index is 347. The summed E-state index contributed by atoms with van der Waals surface area (Å²) < 4.78 is 9.84. The van der Waals surface area contributed by atoms with Crippen LogP contribution < -0.4 is 0 Å². The number of hydrogen-bond donors (Lipinski definition) is 0. The van der Waals surface area contributed by atoms with Gasteiger partial charge in [-0.1, -0.05) is 30.3 Å². The van der Waals surface area contributed by atoms with Crippen LogP contribution in [-0.2, 0) is 20.7 Å². The average molecular weight is 220 g/mol. The molecule has 0 bridgehead atoms. The molecular weight excluding hydrogens is 204 g/mol. The molecule has 2 atom stereocenters. The molecule has 1 fully saturated rings. The lowest BCUT2D eigenvalue weighted by Crippen LogP contribution is -2.11. The predicted molar refractivity (Wildman–Crippen MR) is 60.1 cm³/mol. The van der Waals surface area contributed by atoms with Gasteiger partial charge in [0.1, 0.15) is 0 Å². The molecule has 0 aromatic heterocycles. The summed E-state index contributed by atoms with van der Waals surface area (Å²) in [6, 6.07) is 10.3. The SMILES string of the molecule is COC(=O)[C@@H]1O[C@@H]1CCCc1ccccc1. The lowest BCUT2D eigenvalue weighted by Gasteiger charge is -1.99. The van der Waals surface area contributed by atoms with E-state index in [1.165, 1.54) is 12.7 Å². The number of carbonyl (C=O) groups is 1. The van der Waals surface area contributed by atoms with Gasteiger partial charge in [-0.15, -0.1) is 0 Å². The monoisotopic (exact) mass is 220 g/mol. The van der Waals surface area contributed by atoms with Crippen LogP contribution in [0.5, 0.6) is 0 Å². The van der Waals surface area contributed by atoms with Gasteiger partial charge >= 0.3 is 5.97 Å². The predicted octanol–water partition coefficient (Wildman–Crippen LogP) is 1.95. The molecule has 1 saturated heterocycles. The zero-order valence-corrected chi connectivity index (χ0v) is 9.39. The van der Waals surface area contributed by atoms with Gasteiger partial charge in [0.15, 0.2) is 6.10 Å². The van der Waals surface area contributed by atoms with Gasteiger partial charge < -0.3 is 9.47 Å².